The molecule has 4 aliphatic heterocycles. The number of para-hydroxylation sites is 2. The maximum atomic E-state index is 2.75. The van der Waals surface area contributed by atoms with Crippen molar-refractivity contribution in [3.05, 3.63) is 150 Å². The third kappa shape index (κ3) is 3.77. The van der Waals surface area contributed by atoms with E-state index in [1.54, 1.807) is 0 Å². The first-order valence-electron chi connectivity index (χ1n) is 20.0. The van der Waals surface area contributed by atoms with Crippen LogP contribution in [0, 0.1) is 6.92 Å². The summed E-state index contributed by atoms with van der Waals surface area (Å²) < 4.78 is 2.75. The third-order valence-corrected chi connectivity index (χ3v) is 18.4. The van der Waals surface area contributed by atoms with Gasteiger partial charge in [-0.15, -0.1) is 0 Å². The Morgan fingerprint density at radius 1 is 0.509 bits per heavy atom. The topological polar surface area (TPSA) is 8.17 Å². The van der Waals surface area contributed by atoms with Crippen LogP contribution in [-0.4, -0.2) is 19.4 Å². The van der Waals surface area contributed by atoms with Gasteiger partial charge >= 0.3 is 6.85 Å². The number of benzene rings is 7. The summed E-state index contributed by atoms with van der Waals surface area (Å²) >= 11 is 0. The number of aromatic nitrogens is 1. The first-order valence-corrected chi connectivity index (χ1v) is 22.0. The zero-order valence-electron chi connectivity index (χ0n) is 32.7. The molecule has 2 nitrogen and oxygen atoms in total. The van der Waals surface area contributed by atoms with Crippen molar-refractivity contribution in [2.75, 3.05) is 4.90 Å². The van der Waals surface area contributed by atoms with Gasteiger partial charge < -0.3 is 9.38 Å². The molecule has 55 heavy (non-hydrogen) atoms. The van der Waals surface area contributed by atoms with Gasteiger partial charge in [-0.05, 0) is 119 Å². The van der Waals surface area contributed by atoms with E-state index in [2.05, 4.69) is 191 Å². The number of hydrogen-bond donors (Lipinski definition) is 0. The van der Waals surface area contributed by atoms with E-state index in [1.165, 1.54) is 109 Å². The van der Waals surface area contributed by atoms with Crippen molar-refractivity contribution in [3.8, 4) is 22.3 Å². The number of aryl methyl sites for hydroxylation is 1. The van der Waals surface area contributed by atoms with Gasteiger partial charge in [-0.3, -0.25) is 0 Å². The summed E-state index contributed by atoms with van der Waals surface area (Å²) in [7, 11) is -2.71. The Morgan fingerprint density at radius 3 is 1.85 bits per heavy atom. The minimum Gasteiger partial charge on any atom is -0.375 e. The lowest BCUT2D eigenvalue weighted by Crippen LogP contribution is -2.77. The Balaban J connectivity index is 1.27. The Hall–Kier alpha value is -5.58. The molecule has 0 fully saturated rings. The molecule has 5 heterocycles. The predicted octanol–water partition coefficient (Wildman–Crippen LogP) is 8.79. The summed E-state index contributed by atoms with van der Waals surface area (Å²) in [4.78, 5) is 2.68. The molecule has 1 aromatic heterocycles. The monoisotopic (exact) mass is 722 g/mol. The Bertz CT molecular complexity index is 3000. The van der Waals surface area contributed by atoms with Crippen LogP contribution in [0.25, 0.3) is 44.1 Å². The highest BCUT2D eigenvalue weighted by molar-refractivity contribution is 7.24. The van der Waals surface area contributed by atoms with Crippen molar-refractivity contribution in [1.29, 1.82) is 0 Å². The van der Waals surface area contributed by atoms with Gasteiger partial charge in [0, 0.05) is 44.4 Å². The zero-order valence-corrected chi connectivity index (χ0v) is 33.7. The van der Waals surface area contributed by atoms with Crippen molar-refractivity contribution >= 4 is 85.5 Å². The molecule has 7 aromatic carbocycles. The Morgan fingerprint density at radius 2 is 1.15 bits per heavy atom. The zero-order chi connectivity index (χ0) is 37.3. The van der Waals surface area contributed by atoms with Gasteiger partial charge in [-0.25, -0.2) is 0 Å². The number of hydrogen-bond acceptors (Lipinski definition) is 1. The molecule has 0 bridgehead atoms. The van der Waals surface area contributed by atoms with E-state index in [9.17, 15) is 0 Å². The van der Waals surface area contributed by atoms with Crippen LogP contribution < -0.4 is 36.6 Å². The van der Waals surface area contributed by atoms with Crippen molar-refractivity contribution in [2.45, 2.75) is 59.3 Å². The van der Waals surface area contributed by atoms with Crippen LogP contribution in [0.1, 0.15) is 58.2 Å². The van der Waals surface area contributed by atoms with Crippen LogP contribution in [0.3, 0.4) is 0 Å². The van der Waals surface area contributed by atoms with E-state index < -0.39 is 8.07 Å². The fourth-order valence-electron chi connectivity index (χ4n) is 11.1. The minimum absolute atomic E-state index is 0.00160. The first-order chi connectivity index (χ1) is 26.5. The van der Waals surface area contributed by atoms with Gasteiger partial charge in [0.25, 0.3) is 0 Å². The molecular formula is C51H43BN2Si. The Labute approximate surface area is 325 Å². The minimum atomic E-state index is -2.71. The number of anilines is 3. The summed E-state index contributed by atoms with van der Waals surface area (Å²) in [5.41, 5.74) is 19.2. The SMILES string of the molecule is Cc1cc2c3c(c1)N1c4ccccc4[Si]4(c5ccccc5-c5ccccc54)c4cccc(c41)B3n1c3ccc(C(C)(C)C)cc3c3cc(C(C)(C)C)cc-2c31. The quantitative estimate of drug-likeness (QED) is 0.142. The molecule has 0 saturated carbocycles. The van der Waals surface area contributed by atoms with Crippen molar-refractivity contribution in [1.82, 2.24) is 4.48 Å². The maximum absolute atomic E-state index is 2.75. The summed E-state index contributed by atoms with van der Waals surface area (Å²) in [6, 6.07) is 52.7. The van der Waals surface area contributed by atoms with Gasteiger partial charge in [0.05, 0.1) is 0 Å². The van der Waals surface area contributed by atoms with E-state index in [0.29, 0.717) is 0 Å². The summed E-state index contributed by atoms with van der Waals surface area (Å²) in [6.07, 6.45) is 0. The largest absolute Gasteiger partial charge is 0.375 e. The second-order valence-electron chi connectivity index (χ2n) is 18.6. The van der Waals surface area contributed by atoms with Crippen molar-refractivity contribution in [3.63, 3.8) is 0 Å². The summed E-state index contributed by atoms with van der Waals surface area (Å²) in [5.74, 6) is 0. The standard InChI is InChI=1S/C51H43BN2Si/c1-30-25-36-38-29-32(51(5,6)7)28-37-35-27-31(50(2,3)4)23-24-40(35)54(48(37)38)52-39-17-14-22-46-49(39)53(42(26-30)47(36)52)41-18-10-13-21-45(41)55(46)43-19-11-8-15-33(43)34-16-9-12-20-44(34)55/h8-29H,1-7H3. The number of fused-ring (bicyclic) bond motifs is 16. The second-order valence-corrected chi connectivity index (χ2v) is 22.3. The fraction of sp³-hybridized carbons (Fsp3) is 0.176. The lowest BCUT2D eigenvalue weighted by atomic mass is 9.45. The summed E-state index contributed by atoms with van der Waals surface area (Å²) in [6.45, 7) is 16.4. The fourth-order valence-corrected chi connectivity index (χ4v) is 16.7. The van der Waals surface area contributed by atoms with Crippen LogP contribution >= 0.6 is 0 Å². The second kappa shape index (κ2) is 10.2. The van der Waals surface area contributed by atoms with Crippen LogP contribution in [-0.2, 0) is 10.8 Å². The van der Waals surface area contributed by atoms with E-state index in [1.807, 2.05) is 0 Å². The molecule has 4 aliphatic rings. The van der Waals surface area contributed by atoms with Gasteiger partial charge in [-0.1, -0.05) is 139 Å². The molecule has 0 radical (unpaired) electrons. The van der Waals surface area contributed by atoms with Crippen LogP contribution in [0.5, 0.6) is 0 Å². The van der Waals surface area contributed by atoms with Crippen molar-refractivity contribution in [2.24, 2.45) is 0 Å². The number of nitrogens with zero attached hydrogens (tertiary/aromatic N) is 2. The lowest BCUT2D eigenvalue weighted by molar-refractivity contribution is 0.590. The molecule has 8 aromatic rings. The molecule has 264 valence electrons. The molecule has 4 heteroatoms. The van der Waals surface area contributed by atoms with E-state index in [-0.39, 0.29) is 17.7 Å². The van der Waals surface area contributed by atoms with Crippen LogP contribution in [0.4, 0.5) is 17.1 Å². The molecule has 0 amide bonds. The average molecular weight is 723 g/mol. The first kappa shape index (κ1) is 31.7. The number of rotatable bonds is 0. The van der Waals surface area contributed by atoms with E-state index in [0.717, 1.165) is 0 Å². The van der Waals surface area contributed by atoms with Crippen LogP contribution in [0.15, 0.2) is 133 Å². The van der Waals surface area contributed by atoms with Crippen LogP contribution in [0.2, 0.25) is 0 Å². The van der Waals surface area contributed by atoms with Gasteiger partial charge in [0.2, 0.25) is 0 Å². The molecule has 1 spiro atoms. The molecule has 0 saturated heterocycles. The van der Waals surface area contributed by atoms with E-state index >= 15 is 0 Å². The highest BCUT2D eigenvalue weighted by Gasteiger charge is 2.56. The van der Waals surface area contributed by atoms with Gasteiger partial charge in [0.1, 0.15) is 0 Å². The molecular weight excluding hydrogens is 679 g/mol. The van der Waals surface area contributed by atoms with E-state index in [4.69, 9.17) is 0 Å². The highest BCUT2D eigenvalue weighted by atomic mass is 28.3. The average Bonchev–Trinajstić information content (AvgIpc) is 3.66. The molecule has 0 aliphatic carbocycles. The smallest absolute Gasteiger partial charge is 0.333 e. The van der Waals surface area contributed by atoms with Gasteiger partial charge in [0.15, 0.2) is 8.07 Å². The lowest BCUT2D eigenvalue weighted by Gasteiger charge is -2.49. The highest BCUT2D eigenvalue weighted by Crippen LogP contribution is 2.49. The molecule has 0 atom stereocenters. The summed E-state index contributed by atoms with van der Waals surface area (Å²) in [5, 5.41) is 8.76. The van der Waals surface area contributed by atoms with Gasteiger partial charge in [-0.2, -0.15) is 0 Å². The maximum Gasteiger partial charge on any atom is 0.333 e. The predicted molar refractivity (Wildman–Crippen MR) is 238 cm³/mol. The van der Waals surface area contributed by atoms with Crippen molar-refractivity contribution < 1.29 is 0 Å². The Kier molecular flexibility index (Phi) is 5.88. The molecule has 12 rings (SSSR count). The molecule has 0 unspecified atom stereocenters. The third-order valence-electron chi connectivity index (χ3n) is 13.5. The normalized spacial score (nSPS) is 15.3. The molecule has 0 N–H and O–H groups in total.